The molecule has 0 radical (unpaired) electrons. The van der Waals surface area contributed by atoms with Crippen molar-refractivity contribution in [2.24, 2.45) is 0 Å². The maximum atomic E-state index is 12.3. The van der Waals surface area contributed by atoms with E-state index in [1.54, 1.807) is 13.3 Å². The lowest BCUT2D eigenvalue weighted by molar-refractivity contribution is -0.113. The maximum Gasteiger partial charge on any atom is 0.235 e. The number of aromatic nitrogens is 5. The Morgan fingerprint density at radius 3 is 2.82 bits per heavy atom. The Labute approximate surface area is 167 Å². The normalized spacial score (nSPS) is 14.3. The smallest absolute Gasteiger partial charge is 0.235 e. The highest BCUT2D eigenvalue weighted by Crippen LogP contribution is 2.31. The van der Waals surface area contributed by atoms with Crippen molar-refractivity contribution in [3.05, 3.63) is 36.5 Å². The molecule has 1 saturated carbocycles. The molecule has 0 unspecified atom stereocenters. The van der Waals surface area contributed by atoms with E-state index < -0.39 is 0 Å². The van der Waals surface area contributed by atoms with Gasteiger partial charge in [0.1, 0.15) is 11.6 Å². The summed E-state index contributed by atoms with van der Waals surface area (Å²) in [5.74, 6) is 2.33. The minimum Gasteiger partial charge on any atom is -0.497 e. The number of ether oxygens (including phenoxy) is 1. The average molecular weight is 398 g/mol. The number of hydrogen-bond acceptors (Lipinski definition) is 6. The zero-order valence-corrected chi connectivity index (χ0v) is 16.4. The molecule has 2 N–H and O–H groups in total. The van der Waals surface area contributed by atoms with Crippen LogP contribution < -0.4 is 10.1 Å². The summed E-state index contributed by atoms with van der Waals surface area (Å²) in [5, 5.41) is 14.9. The number of H-pyrrole nitrogens is 1. The predicted octanol–water partition coefficient (Wildman–Crippen LogP) is 3.52. The quantitative estimate of drug-likeness (QED) is 0.591. The third-order valence-corrected chi connectivity index (χ3v) is 5.62. The van der Waals surface area contributed by atoms with Gasteiger partial charge in [0.15, 0.2) is 5.82 Å². The summed E-state index contributed by atoms with van der Waals surface area (Å²) in [6.45, 7) is 0. The lowest BCUT2D eigenvalue weighted by Crippen LogP contribution is -2.19. The Bertz CT molecular complexity index is 930. The van der Waals surface area contributed by atoms with E-state index in [0.717, 1.165) is 30.0 Å². The van der Waals surface area contributed by atoms with Crippen LogP contribution in [0.4, 0.5) is 5.82 Å². The molecule has 1 aliphatic rings. The predicted molar refractivity (Wildman–Crippen MR) is 107 cm³/mol. The number of nitrogens with one attached hydrogen (secondary N) is 2. The number of thioether (sulfide) groups is 1. The fraction of sp³-hybridized carbons (Fsp3) is 0.368. The Hall–Kier alpha value is -2.81. The third-order valence-electron chi connectivity index (χ3n) is 4.77. The monoisotopic (exact) mass is 398 g/mol. The number of anilines is 1. The number of carbonyl (C=O) groups is 1. The second-order valence-electron chi connectivity index (χ2n) is 6.63. The van der Waals surface area contributed by atoms with Crippen molar-refractivity contribution in [3.8, 4) is 17.1 Å². The molecule has 1 aliphatic carbocycles. The fourth-order valence-electron chi connectivity index (χ4n) is 3.35. The van der Waals surface area contributed by atoms with Crippen molar-refractivity contribution in [1.82, 2.24) is 25.0 Å². The standard InChI is InChI=1S/C19H22N6O2S/c1-27-15-8-6-13(7-9-15)18-22-19(24-23-18)28-12-17(26)21-16-10-11-20-25(16)14-4-2-3-5-14/h6-11,14H,2-5,12H2,1H3,(H,21,26)(H,22,23,24). The molecule has 8 nitrogen and oxygen atoms in total. The number of amides is 1. The van der Waals surface area contributed by atoms with Gasteiger partial charge >= 0.3 is 0 Å². The summed E-state index contributed by atoms with van der Waals surface area (Å²) in [4.78, 5) is 16.8. The van der Waals surface area contributed by atoms with E-state index in [0.29, 0.717) is 17.0 Å². The highest BCUT2D eigenvalue weighted by molar-refractivity contribution is 7.99. The number of benzene rings is 1. The van der Waals surface area contributed by atoms with Crippen molar-refractivity contribution in [3.63, 3.8) is 0 Å². The number of carbonyl (C=O) groups excluding carboxylic acids is 1. The van der Waals surface area contributed by atoms with Gasteiger partial charge in [-0.1, -0.05) is 24.6 Å². The van der Waals surface area contributed by atoms with Gasteiger partial charge in [-0.25, -0.2) is 9.67 Å². The molecule has 0 spiro atoms. The SMILES string of the molecule is COc1ccc(-c2nc(SCC(=O)Nc3ccnn3C3CCCC3)n[nH]2)cc1. The van der Waals surface area contributed by atoms with Crippen LogP contribution in [-0.4, -0.2) is 43.7 Å². The second kappa shape index (κ2) is 8.47. The van der Waals surface area contributed by atoms with Crippen molar-refractivity contribution in [2.75, 3.05) is 18.2 Å². The third kappa shape index (κ3) is 4.19. The second-order valence-corrected chi connectivity index (χ2v) is 7.57. The largest absolute Gasteiger partial charge is 0.497 e. The zero-order valence-electron chi connectivity index (χ0n) is 15.6. The van der Waals surface area contributed by atoms with Crippen LogP contribution >= 0.6 is 11.8 Å². The number of methoxy groups -OCH3 is 1. The number of nitrogens with zero attached hydrogens (tertiary/aromatic N) is 4. The molecule has 3 aromatic rings. The number of rotatable bonds is 7. The van der Waals surface area contributed by atoms with Crippen LogP contribution in [-0.2, 0) is 4.79 Å². The van der Waals surface area contributed by atoms with Crippen LogP contribution in [0.25, 0.3) is 11.4 Å². The van der Waals surface area contributed by atoms with Crippen molar-refractivity contribution in [2.45, 2.75) is 36.9 Å². The summed E-state index contributed by atoms with van der Waals surface area (Å²) in [5.41, 5.74) is 0.907. The van der Waals surface area contributed by atoms with Gasteiger partial charge in [0.2, 0.25) is 11.1 Å². The number of hydrogen-bond donors (Lipinski definition) is 2. The molecule has 9 heteroatoms. The number of aromatic amines is 1. The van der Waals surface area contributed by atoms with Gasteiger partial charge in [0.05, 0.1) is 25.1 Å². The van der Waals surface area contributed by atoms with E-state index >= 15 is 0 Å². The molecule has 0 saturated heterocycles. The molecule has 0 bridgehead atoms. The van der Waals surface area contributed by atoms with Gasteiger partial charge < -0.3 is 10.1 Å². The highest BCUT2D eigenvalue weighted by Gasteiger charge is 2.20. The minimum absolute atomic E-state index is 0.0967. The van der Waals surface area contributed by atoms with Crippen LogP contribution in [0.2, 0.25) is 0 Å². The van der Waals surface area contributed by atoms with Crippen LogP contribution in [0, 0.1) is 0 Å². The molecular formula is C19H22N6O2S. The molecule has 1 amide bonds. The van der Waals surface area contributed by atoms with E-state index in [2.05, 4.69) is 25.6 Å². The van der Waals surface area contributed by atoms with Crippen molar-refractivity contribution in [1.29, 1.82) is 0 Å². The first-order chi connectivity index (χ1) is 13.7. The summed E-state index contributed by atoms with van der Waals surface area (Å²) in [6.07, 6.45) is 6.40. The van der Waals surface area contributed by atoms with Gasteiger partial charge in [0, 0.05) is 11.6 Å². The fourth-order valence-corrected chi connectivity index (χ4v) is 3.95. The van der Waals surface area contributed by atoms with E-state index in [1.165, 1.54) is 24.6 Å². The summed E-state index contributed by atoms with van der Waals surface area (Å²) < 4.78 is 7.09. The molecule has 146 valence electrons. The van der Waals surface area contributed by atoms with E-state index in [4.69, 9.17) is 4.74 Å². The molecule has 2 aromatic heterocycles. The van der Waals surface area contributed by atoms with Gasteiger partial charge in [-0.3, -0.25) is 9.89 Å². The van der Waals surface area contributed by atoms with Crippen LogP contribution in [0.1, 0.15) is 31.7 Å². The Balaban J connectivity index is 1.33. The maximum absolute atomic E-state index is 12.3. The first kappa shape index (κ1) is 18.5. The van der Waals surface area contributed by atoms with E-state index in [-0.39, 0.29) is 11.7 Å². The van der Waals surface area contributed by atoms with Gasteiger partial charge in [-0.15, -0.1) is 5.10 Å². The summed E-state index contributed by atoms with van der Waals surface area (Å²) >= 11 is 1.29. The molecule has 1 aromatic carbocycles. The van der Waals surface area contributed by atoms with Crippen LogP contribution in [0.3, 0.4) is 0 Å². The molecule has 0 atom stereocenters. The van der Waals surface area contributed by atoms with Crippen LogP contribution in [0.5, 0.6) is 5.75 Å². The van der Waals surface area contributed by atoms with Gasteiger partial charge in [0.25, 0.3) is 0 Å². The van der Waals surface area contributed by atoms with E-state index in [1.807, 2.05) is 35.0 Å². The van der Waals surface area contributed by atoms with Crippen molar-refractivity contribution < 1.29 is 9.53 Å². The lowest BCUT2D eigenvalue weighted by Gasteiger charge is -2.14. The molecular weight excluding hydrogens is 376 g/mol. The van der Waals surface area contributed by atoms with Gasteiger partial charge in [-0.05, 0) is 37.1 Å². The first-order valence-electron chi connectivity index (χ1n) is 9.26. The summed E-state index contributed by atoms with van der Waals surface area (Å²) in [6, 6.07) is 9.78. The van der Waals surface area contributed by atoms with Gasteiger partial charge in [-0.2, -0.15) is 5.10 Å². The topological polar surface area (TPSA) is 97.7 Å². The Morgan fingerprint density at radius 1 is 1.29 bits per heavy atom. The van der Waals surface area contributed by atoms with Crippen molar-refractivity contribution >= 4 is 23.5 Å². The molecule has 2 heterocycles. The minimum atomic E-state index is -0.0967. The average Bonchev–Trinajstić information content (AvgIpc) is 3.47. The molecule has 0 aliphatic heterocycles. The Morgan fingerprint density at radius 2 is 2.07 bits per heavy atom. The molecule has 1 fully saturated rings. The molecule has 4 rings (SSSR count). The molecule has 28 heavy (non-hydrogen) atoms. The lowest BCUT2D eigenvalue weighted by atomic mass is 10.2. The Kier molecular flexibility index (Phi) is 5.61. The van der Waals surface area contributed by atoms with Crippen LogP contribution in [0.15, 0.2) is 41.7 Å². The summed E-state index contributed by atoms with van der Waals surface area (Å²) in [7, 11) is 1.63. The highest BCUT2D eigenvalue weighted by atomic mass is 32.2. The zero-order chi connectivity index (χ0) is 19.3. The first-order valence-corrected chi connectivity index (χ1v) is 10.2. The van der Waals surface area contributed by atoms with E-state index in [9.17, 15) is 4.79 Å².